The Balaban J connectivity index is 0.00000289. The van der Waals surface area contributed by atoms with Crippen LogP contribution in [0.5, 0.6) is 23.0 Å². The maximum absolute atomic E-state index is 14.1. The third-order valence-electron chi connectivity index (χ3n) is 10.7. The summed E-state index contributed by atoms with van der Waals surface area (Å²) in [6, 6.07) is 16.4. The topological polar surface area (TPSA) is 121 Å². The average Bonchev–Trinajstić information content (AvgIpc) is 3.56. The first-order valence-electron chi connectivity index (χ1n) is 15.1. The van der Waals surface area contributed by atoms with E-state index in [2.05, 4.69) is 10.2 Å². The minimum atomic E-state index is -1.37. The highest BCUT2D eigenvalue weighted by Gasteiger charge is 2.73. The van der Waals surface area contributed by atoms with Gasteiger partial charge in [0.2, 0.25) is 6.79 Å². The number of piperidine rings is 1. The van der Waals surface area contributed by atoms with Gasteiger partial charge >= 0.3 is 0 Å². The fourth-order valence-electron chi connectivity index (χ4n) is 8.47. The number of likely N-dealkylation sites (tertiary alicyclic amines) is 1. The number of phenolic OH excluding ortho intramolecular Hbond substituents is 1. The van der Waals surface area contributed by atoms with Gasteiger partial charge in [0.25, 0.3) is 5.91 Å². The highest BCUT2D eigenvalue weighted by Crippen LogP contribution is 2.66. The molecule has 0 unspecified atom stereocenters. The van der Waals surface area contributed by atoms with E-state index < -0.39 is 23.0 Å². The van der Waals surface area contributed by atoms with Crippen LogP contribution in [-0.4, -0.2) is 63.8 Å². The summed E-state index contributed by atoms with van der Waals surface area (Å²) in [6.07, 6.45) is 2.56. The van der Waals surface area contributed by atoms with E-state index >= 15 is 0 Å². The molecule has 1 saturated heterocycles. The van der Waals surface area contributed by atoms with Gasteiger partial charge in [0.1, 0.15) is 5.76 Å². The summed E-state index contributed by atoms with van der Waals surface area (Å²) in [7, 11) is 0. The molecule has 0 radical (unpaired) electrons. The quantitative estimate of drug-likeness (QED) is 0.323. The Morgan fingerprint density at radius 3 is 2.70 bits per heavy atom. The van der Waals surface area contributed by atoms with Gasteiger partial charge in [0.05, 0.1) is 16.6 Å². The first kappa shape index (κ1) is 27.3. The molecule has 3 aliphatic carbocycles. The van der Waals surface area contributed by atoms with Crippen molar-refractivity contribution in [3.63, 3.8) is 0 Å². The van der Waals surface area contributed by atoms with Crippen molar-refractivity contribution in [1.82, 2.24) is 4.90 Å². The molecule has 1 amide bonds. The van der Waals surface area contributed by atoms with Crippen LogP contribution >= 0.6 is 0 Å². The largest absolute Gasteiger partial charge is 0.508 e. The van der Waals surface area contributed by atoms with Gasteiger partial charge in [-0.25, -0.2) is 0 Å². The first-order chi connectivity index (χ1) is 20.9. The second-order valence-corrected chi connectivity index (χ2v) is 12.9. The summed E-state index contributed by atoms with van der Waals surface area (Å²) >= 11 is 0. The number of benzene rings is 3. The average molecular weight is 597 g/mol. The number of ether oxygens (including phenoxy) is 3. The zero-order valence-corrected chi connectivity index (χ0v) is 23.5. The lowest BCUT2D eigenvalue weighted by Gasteiger charge is -2.62. The van der Waals surface area contributed by atoms with Gasteiger partial charge in [0, 0.05) is 35.8 Å². The van der Waals surface area contributed by atoms with E-state index in [1.165, 1.54) is 12.8 Å². The van der Waals surface area contributed by atoms with Gasteiger partial charge in [-0.2, -0.15) is 0 Å². The minimum Gasteiger partial charge on any atom is -0.508 e. The van der Waals surface area contributed by atoms with E-state index in [0.29, 0.717) is 41.7 Å². The van der Waals surface area contributed by atoms with Crippen molar-refractivity contribution >= 4 is 11.6 Å². The number of hydrogen-bond acceptors (Lipinski definition) is 8. The SMILES string of the molecule is C.O=C(Nc1ccccc1-c1ccc2c(c1)OCO2)C1=C(O)[C@@H]2Oc3c(O)ccc4c3[C@@]23CCN(CC2CC2)[C@H](C4)[C@]3(O)C1. The second kappa shape index (κ2) is 9.39. The monoisotopic (exact) mass is 596 g/mol. The summed E-state index contributed by atoms with van der Waals surface area (Å²) in [4.78, 5) is 16.5. The Labute approximate surface area is 255 Å². The zero-order valence-electron chi connectivity index (χ0n) is 23.5. The van der Waals surface area contributed by atoms with Crippen LogP contribution in [0.15, 0.2) is 65.9 Å². The Morgan fingerprint density at radius 1 is 1.05 bits per heavy atom. The molecule has 3 heterocycles. The molecule has 3 aromatic carbocycles. The molecule has 9 rings (SSSR count). The van der Waals surface area contributed by atoms with E-state index in [-0.39, 0.29) is 43.8 Å². The number of aliphatic hydroxyl groups excluding tert-OH is 1. The van der Waals surface area contributed by atoms with E-state index in [9.17, 15) is 20.1 Å². The number of fused-ring (bicyclic) bond motifs is 1. The van der Waals surface area contributed by atoms with E-state index in [1.54, 1.807) is 6.07 Å². The maximum atomic E-state index is 14.1. The molecule has 0 aromatic heterocycles. The number of rotatable bonds is 5. The lowest BCUT2D eigenvalue weighted by Crippen LogP contribution is -2.75. The predicted octanol–water partition coefficient (Wildman–Crippen LogP) is 5.05. The summed E-state index contributed by atoms with van der Waals surface area (Å²) < 4.78 is 17.4. The van der Waals surface area contributed by atoms with Crippen LogP contribution in [-0.2, 0) is 16.6 Å². The van der Waals surface area contributed by atoms with Crippen LogP contribution in [0.3, 0.4) is 0 Å². The number of phenols is 1. The van der Waals surface area contributed by atoms with Crippen molar-refractivity contribution in [2.75, 3.05) is 25.2 Å². The molecule has 44 heavy (non-hydrogen) atoms. The van der Waals surface area contributed by atoms with Crippen molar-refractivity contribution in [2.45, 2.75) is 62.7 Å². The normalized spacial score (nSPS) is 29.0. The van der Waals surface area contributed by atoms with Gasteiger partial charge < -0.3 is 34.8 Å². The fraction of sp³-hybridized carbons (Fsp3) is 0.400. The van der Waals surface area contributed by atoms with Crippen molar-refractivity contribution in [1.29, 1.82) is 0 Å². The molecular weight excluding hydrogens is 560 g/mol. The van der Waals surface area contributed by atoms with Crippen LogP contribution in [0.25, 0.3) is 11.1 Å². The number of aromatic hydroxyl groups is 1. The zero-order chi connectivity index (χ0) is 29.1. The van der Waals surface area contributed by atoms with Crippen LogP contribution < -0.4 is 19.5 Å². The van der Waals surface area contributed by atoms with Crippen LogP contribution in [0, 0.1) is 5.92 Å². The maximum Gasteiger partial charge on any atom is 0.255 e. The number of carbonyl (C=O) groups is 1. The Kier molecular flexibility index (Phi) is 5.84. The van der Waals surface area contributed by atoms with Crippen LogP contribution in [0.2, 0.25) is 0 Å². The molecule has 4 atom stereocenters. The first-order valence-corrected chi connectivity index (χ1v) is 15.1. The van der Waals surface area contributed by atoms with Crippen molar-refractivity contribution in [2.24, 2.45) is 5.92 Å². The summed E-state index contributed by atoms with van der Waals surface area (Å²) in [6.45, 7) is 1.84. The number of aliphatic hydroxyl groups is 2. The molecular formula is C35H36N2O7. The molecule has 9 heteroatoms. The lowest BCUT2D eigenvalue weighted by atomic mass is 9.49. The molecule has 9 nitrogen and oxygen atoms in total. The number of para-hydroxylation sites is 1. The van der Waals surface area contributed by atoms with E-state index in [0.717, 1.165) is 35.3 Å². The number of nitrogens with zero attached hydrogens (tertiary/aromatic N) is 1. The third-order valence-corrected chi connectivity index (χ3v) is 10.7. The molecule has 1 spiro atoms. The lowest BCUT2D eigenvalue weighted by molar-refractivity contribution is -0.172. The number of carbonyl (C=O) groups excluding carboxylic acids is 1. The van der Waals surface area contributed by atoms with Crippen molar-refractivity contribution in [3.8, 4) is 34.1 Å². The molecule has 2 fully saturated rings. The Morgan fingerprint density at radius 2 is 1.86 bits per heavy atom. The highest BCUT2D eigenvalue weighted by molar-refractivity contribution is 6.06. The standard InChI is InChI=1S/C34H32N2O7.CH4/c37-24-9-7-20-14-27-34(40)15-22(29(38)31-33(34,28(20)30(24)43-31)11-12-36(27)16-18-5-6-18)32(39)35-23-4-2-1-3-21(23)19-8-10-25-26(13-19)42-17-41-25;/h1-4,7-10,13,18,27,31,37-38,40H,5-6,11-12,14-17H2,(H,35,39);1H4/t27-,31+,33+,34-;/m1./s1. The van der Waals surface area contributed by atoms with Crippen molar-refractivity contribution in [3.05, 3.63) is 77.1 Å². The predicted molar refractivity (Wildman–Crippen MR) is 163 cm³/mol. The second-order valence-electron chi connectivity index (χ2n) is 12.9. The Hall–Kier alpha value is -4.21. The van der Waals surface area contributed by atoms with Crippen molar-refractivity contribution < 1.29 is 34.3 Å². The summed E-state index contributed by atoms with van der Waals surface area (Å²) in [5, 5.41) is 38.5. The molecule has 228 valence electrons. The fourth-order valence-corrected chi connectivity index (χ4v) is 8.47. The molecule has 6 aliphatic rings. The van der Waals surface area contributed by atoms with Crippen LogP contribution in [0.1, 0.15) is 44.2 Å². The van der Waals surface area contributed by atoms with E-state index in [4.69, 9.17) is 14.2 Å². The number of hydrogen-bond donors (Lipinski definition) is 4. The summed E-state index contributed by atoms with van der Waals surface area (Å²) in [5.41, 5.74) is 1.81. The van der Waals surface area contributed by atoms with Crippen LogP contribution in [0.4, 0.5) is 5.69 Å². The molecule has 3 aliphatic heterocycles. The van der Waals surface area contributed by atoms with Gasteiger partial charge in [-0.15, -0.1) is 0 Å². The number of nitrogens with one attached hydrogen (secondary N) is 1. The minimum absolute atomic E-state index is 0. The number of anilines is 1. The summed E-state index contributed by atoms with van der Waals surface area (Å²) in [5.74, 6) is 1.57. The molecule has 4 N–H and O–H groups in total. The van der Waals surface area contributed by atoms with Gasteiger partial charge in [-0.3, -0.25) is 9.69 Å². The Bertz CT molecular complexity index is 1750. The molecule has 2 bridgehead atoms. The highest BCUT2D eigenvalue weighted by atomic mass is 16.7. The van der Waals surface area contributed by atoms with Gasteiger partial charge in [-0.1, -0.05) is 37.8 Å². The molecule has 1 saturated carbocycles. The van der Waals surface area contributed by atoms with Gasteiger partial charge in [0.15, 0.2) is 29.1 Å². The third kappa shape index (κ3) is 3.56. The smallest absolute Gasteiger partial charge is 0.255 e. The van der Waals surface area contributed by atoms with E-state index in [1.807, 2.05) is 48.5 Å². The number of amides is 1. The van der Waals surface area contributed by atoms with Gasteiger partial charge in [-0.05, 0) is 73.5 Å². The molecule has 3 aromatic rings.